The first-order valence-corrected chi connectivity index (χ1v) is 9.53. The predicted octanol–water partition coefficient (Wildman–Crippen LogP) is 5.89. The number of nitrogens with one attached hydrogen (secondary N) is 1. The molecule has 0 bridgehead atoms. The average molecular weight is 408 g/mol. The molecule has 29 heavy (non-hydrogen) atoms. The number of carbonyl (C=O) groups excluding carboxylic acids is 1. The van der Waals surface area contributed by atoms with Crippen LogP contribution in [0.15, 0.2) is 72.8 Å². The fourth-order valence-corrected chi connectivity index (χ4v) is 2.83. The van der Waals surface area contributed by atoms with Gasteiger partial charge in [-0.3, -0.25) is 4.79 Å². The van der Waals surface area contributed by atoms with E-state index in [0.717, 1.165) is 22.4 Å². The van der Waals surface area contributed by atoms with Gasteiger partial charge in [0.25, 0.3) is 0 Å². The number of methoxy groups -OCH3 is 1. The van der Waals surface area contributed by atoms with E-state index in [4.69, 9.17) is 21.1 Å². The molecule has 0 atom stereocenters. The lowest BCUT2D eigenvalue weighted by Crippen LogP contribution is -2.08. The highest BCUT2D eigenvalue weighted by Crippen LogP contribution is 2.29. The van der Waals surface area contributed by atoms with Gasteiger partial charge in [-0.05, 0) is 60.0 Å². The Bertz CT molecular complexity index is 1010. The van der Waals surface area contributed by atoms with Gasteiger partial charge < -0.3 is 14.8 Å². The number of ether oxygens (including phenoxy) is 2. The number of hydrogen-bond acceptors (Lipinski definition) is 3. The average Bonchev–Trinajstić information content (AvgIpc) is 2.74. The number of anilines is 1. The predicted molar refractivity (Wildman–Crippen MR) is 118 cm³/mol. The number of carbonyl (C=O) groups is 1. The summed E-state index contributed by atoms with van der Waals surface area (Å²) < 4.78 is 11.3. The molecule has 148 valence electrons. The molecule has 0 heterocycles. The van der Waals surface area contributed by atoms with Crippen LogP contribution in [0.4, 0.5) is 5.69 Å². The molecule has 0 unspecified atom stereocenters. The third-order valence-electron chi connectivity index (χ3n) is 4.33. The van der Waals surface area contributed by atoms with Crippen molar-refractivity contribution in [1.82, 2.24) is 0 Å². The molecule has 0 fully saturated rings. The van der Waals surface area contributed by atoms with Crippen LogP contribution >= 0.6 is 11.6 Å². The maximum atomic E-state index is 12.2. The van der Waals surface area contributed by atoms with Gasteiger partial charge in [0.15, 0.2) is 11.5 Å². The largest absolute Gasteiger partial charge is 0.493 e. The Hall–Kier alpha value is -3.24. The number of rotatable bonds is 7. The maximum absolute atomic E-state index is 12.2. The molecule has 0 radical (unpaired) electrons. The van der Waals surface area contributed by atoms with Crippen LogP contribution in [-0.2, 0) is 11.4 Å². The molecule has 5 heteroatoms. The van der Waals surface area contributed by atoms with Crippen molar-refractivity contribution >= 4 is 29.3 Å². The Morgan fingerprint density at radius 1 is 1.03 bits per heavy atom. The van der Waals surface area contributed by atoms with Gasteiger partial charge in [-0.15, -0.1) is 0 Å². The molecule has 1 amide bonds. The number of benzene rings is 3. The van der Waals surface area contributed by atoms with E-state index in [1.165, 1.54) is 6.08 Å². The molecule has 3 aromatic carbocycles. The summed E-state index contributed by atoms with van der Waals surface area (Å²) >= 11 is 5.90. The van der Waals surface area contributed by atoms with Crippen LogP contribution in [0.3, 0.4) is 0 Å². The Balaban J connectivity index is 1.64. The molecule has 0 aliphatic carbocycles. The molecule has 0 spiro atoms. The van der Waals surface area contributed by atoms with E-state index in [1.807, 2.05) is 73.7 Å². The number of halogens is 1. The Kier molecular flexibility index (Phi) is 6.93. The second-order valence-electron chi connectivity index (χ2n) is 6.46. The summed E-state index contributed by atoms with van der Waals surface area (Å²) in [7, 11) is 1.59. The van der Waals surface area contributed by atoms with Gasteiger partial charge in [0.1, 0.15) is 6.61 Å². The summed E-state index contributed by atoms with van der Waals surface area (Å²) in [6.45, 7) is 2.36. The fourth-order valence-electron chi connectivity index (χ4n) is 2.71. The zero-order chi connectivity index (χ0) is 20.6. The van der Waals surface area contributed by atoms with Crippen LogP contribution in [0.2, 0.25) is 5.02 Å². The molecular formula is C24H22ClNO3. The summed E-state index contributed by atoms with van der Waals surface area (Å²) in [6, 6.07) is 20.7. The monoisotopic (exact) mass is 407 g/mol. The van der Waals surface area contributed by atoms with Gasteiger partial charge in [0.2, 0.25) is 5.91 Å². The van der Waals surface area contributed by atoms with Gasteiger partial charge in [-0.25, -0.2) is 0 Å². The summed E-state index contributed by atoms with van der Waals surface area (Å²) in [5.41, 5.74) is 3.65. The summed E-state index contributed by atoms with van der Waals surface area (Å²) in [5.74, 6) is 1.03. The van der Waals surface area contributed by atoms with Gasteiger partial charge in [-0.1, -0.05) is 48.0 Å². The molecule has 3 aromatic rings. The molecule has 0 aliphatic rings. The topological polar surface area (TPSA) is 47.6 Å². The van der Waals surface area contributed by atoms with Crippen molar-refractivity contribution in [2.45, 2.75) is 13.5 Å². The molecular weight excluding hydrogens is 386 g/mol. The van der Waals surface area contributed by atoms with Gasteiger partial charge in [0, 0.05) is 16.8 Å². The standard InChI is InChI=1S/C24H22ClNO3/c1-17-5-3-4-6-21(17)26-24(27)14-10-18-9-13-22(23(15-18)28-2)29-16-19-7-11-20(25)12-8-19/h3-15H,16H2,1-2H3,(H,26,27)/b14-10+. The molecule has 0 aromatic heterocycles. The molecule has 0 saturated carbocycles. The minimum Gasteiger partial charge on any atom is -0.493 e. The van der Waals surface area contributed by atoms with Crippen molar-refractivity contribution in [2.24, 2.45) is 0 Å². The normalized spacial score (nSPS) is 10.7. The first kappa shape index (κ1) is 20.5. The lowest BCUT2D eigenvalue weighted by atomic mass is 10.1. The summed E-state index contributed by atoms with van der Waals surface area (Å²) in [4.78, 5) is 12.2. The number of hydrogen-bond donors (Lipinski definition) is 1. The smallest absolute Gasteiger partial charge is 0.248 e. The van der Waals surface area contributed by atoms with Crippen molar-refractivity contribution in [3.05, 3.63) is 94.5 Å². The van der Waals surface area contributed by atoms with E-state index in [2.05, 4.69) is 5.32 Å². The highest BCUT2D eigenvalue weighted by Gasteiger charge is 2.06. The Morgan fingerprint density at radius 2 is 1.79 bits per heavy atom. The van der Waals surface area contributed by atoms with Crippen LogP contribution in [0.1, 0.15) is 16.7 Å². The van der Waals surface area contributed by atoms with Gasteiger partial charge in [0.05, 0.1) is 7.11 Å². The third kappa shape index (κ3) is 5.87. The van der Waals surface area contributed by atoms with Crippen molar-refractivity contribution in [2.75, 3.05) is 12.4 Å². The van der Waals surface area contributed by atoms with E-state index in [1.54, 1.807) is 13.2 Å². The highest BCUT2D eigenvalue weighted by molar-refractivity contribution is 6.30. The first-order valence-electron chi connectivity index (χ1n) is 9.15. The van der Waals surface area contributed by atoms with Crippen molar-refractivity contribution in [3.63, 3.8) is 0 Å². The maximum Gasteiger partial charge on any atom is 0.248 e. The van der Waals surface area contributed by atoms with E-state index in [-0.39, 0.29) is 5.91 Å². The first-order chi connectivity index (χ1) is 14.0. The van der Waals surface area contributed by atoms with Crippen LogP contribution in [0.5, 0.6) is 11.5 Å². The summed E-state index contributed by atoms with van der Waals surface area (Å²) in [5, 5.41) is 3.56. The van der Waals surface area contributed by atoms with Gasteiger partial charge >= 0.3 is 0 Å². The van der Waals surface area contributed by atoms with Crippen molar-refractivity contribution in [1.29, 1.82) is 0 Å². The molecule has 0 saturated heterocycles. The van der Waals surface area contributed by atoms with Crippen LogP contribution in [0, 0.1) is 6.92 Å². The fraction of sp³-hybridized carbons (Fsp3) is 0.125. The lowest BCUT2D eigenvalue weighted by Gasteiger charge is -2.11. The SMILES string of the molecule is COc1cc(/C=C/C(=O)Nc2ccccc2C)ccc1OCc1ccc(Cl)cc1. The quantitative estimate of drug-likeness (QED) is 0.497. The molecule has 0 aliphatic heterocycles. The number of amides is 1. The zero-order valence-electron chi connectivity index (χ0n) is 16.3. The number of para-hydroxylation sites is 1. The minimum atomic E-state index is -0.193. The van der Waals surface area contributed by atoms with Crippen LogP contribution in [0.25, 0.3) is 6.08 Å². The molecule has 4 nitrogen and oxygen atoms in total. The number of aryl methyl sites for hydroxylation is 1. The second kappa shape index (κ2) is 9.80. The Labute approximate surface area is 175 Å². The van der Waals surface area contributed by atoms with Crippen molar-refractivity contribution in [3.8, 4) is 11.5 Å². The third-order valence-corrected chi connectivity index (χ3v) is 4.58. The summed E-state index contributed by atoms with van der Waals surface area (Å²) in [6.07, 6.45) is 3.23. The highest BCUT2D eigenvalue weighted by atomic mass is 35.5. The molecule has 3 rings (SSSR count). The Morgan fingerprint density at radius 3 is 2.52 bits per heavy atom. The zero-order valence-corrected chi connectivity index (χ0v) is 17.1. The van der Waals surface area contributed by atoms with E-state index in [9.17, 15) is 4.79 Å². The van der Waals surface area contributed by atoms with Gasteiger partial charge in [-0.2, -0.15) is 0 Å². The van der Waals surface area contributed by atoms with Crippen LogP contribution in [-0.4, -0.2) is 13.0 Å². The second-order valence-corrected chi connectivity index (χ2v) is 6.90. The van der Waals surface area contributed by atoms with E-state index >= 15 is 0 Å². The minimum absolute atomic E-state index is 0.193. The van der Waals surface area contributed by atoms with Crippen molar-refractivity contribution < 1.29 is 14.3 Å². The molecule has 1 N–H and O–H groups in total. The lowest BCUT2D eigenvalue weighted by molar-refractivity contribution is -0.111. The van der Waals surface area contributed by atoms with E-state index in [0.29, 0.717) is 23.1 Å². The van der Waals surface area contributed by atoms with E-state index < -0.39 is 0 Å². The van der Waals surface area contributed by atoms with Crippen LogP contribution < -0.4 is 14.8 Å².